The average Bonchev–Trinajstić information content (AvgIpc) is 4.14. The van der Waals surface area contributed by atoms with Gasteiger partial charge in [0, 0.05) is 52.0 Å². The van der Waals surface area contributed by atoms with Crippen LogP contribution in [0.25, 0.3) is 16.7 Å². The summed E-state index contributed by atoms with van der Waals surface area (Å²) in [6, 6.07) is 7.15. The second-order valence-electron chi connectivity index (χ2n) is 18.4. The molecule has 1 unspecified atom stereocenters. The van der Waals surface area contributed by atoms with Crippen LogP contribution >= 0.6 is 0 Å². The highest BCUT2D eigenvalue weighted by Crippen LogP contribution is 2.37. The highest BCUT2D eigenvalue weighted by Gasteiger charge is 2.40. The van der Waals surface area contributed by atoms with Gasteiger partial charge < -0.3 is 24.6 Å². The molecule has 340 valence electrons. The summed E-state index contributed by atoms with van der Waals surface area (Å²) in [4.78, 5) is 60.8. The van der Waals surface area contributed by atoms with E-state index in [1.54, 1.807) is 28.7 Å². The monoisotopic (exact) mass is 883 g/mol. The number of benzene rings is 1. The number of nitrogens with zero attached hydrogens (tertiary/aromatic N) is 9. The van der Waals surface area contributed by atoms with Gasteiger partial charge in [0.25, 0.3) is 12.3 Å². The molecular weight excluding hydrogens is 829 g/mol. The third kappa shape index (κ3) is 8.21. The minimum Gasteiger partial charge on any atom is -0.375 e. The van der Waals surface area contributed by atoms with Gasteiger partial charge in [0.05, 0.1) is 59.9 Å². The maximum absolute atomic E-state index is 14.3. The van der Waals surface area contributed by atoms with E-state index in [9.17, 15) is 28.0 Å². The number of morpholine rings is 1. The number of hydrogen-bond donors (Lipinski definition) is 2. The molecule has 3 amide bonds. The lowest BCUT2D eigenvalue weighted by molar-refractivity contribution is -0.135. The molecule has 4 aliphatic heterocycles. The van der Waals surface area contributed by atoms with E-state index in [2.05, 4.69) is 37.6 Å². The number of likely N-dealkylation sites (tertiary alicyclic amines) is 1. The first-order valence-corrected chi connectivity index (χ1v) is 22.8. The summed E-state index contributed by atoms with van der Waals surface area (Å²) in [5.41, 5.74) is 2.35. The number of piperidine rings is 2. The lowest BCUT2D eigenvalue weighted by Crippen LogP contribution is -2.44. The molecule has 10 rings (SSSR count). The van der Waals surface area contributed by atoms with Crippen molar-refractivity contribution < 1.29 is 32.6 Å². The van der Waals surface area contributed by atoms with Crippen LogP contribution in [0, 0.1) is 5.92 Å². The number of anilines is 2. The van der Waals surface area contributed by atoms with Crippen molar-refractivity contribution in [1.29, 1.82) is 0 Å². The first kappa shape index (κ1) is 42.4. The summed E-state index contributed by atoms with van der Waals surface area (Å²) >= 11 is 0. The number of para-hydroxylation sites is 1. The van der Waals surface area contributed by atoms with E-state index >= 15 is 0 Å². The van der Waals surface area contributed by atoms with Crippen LogP contribution in [-0.4, -0.2) is 113 Å². The van der Waals surface area contributed by atoms with Crippen LogP contribution in [0.3, 0.4) is 0 Å². The number of amides is 3. The Labute approximate surface area is 368 Å². The van der Waals surface area contributed by atoms with Gasteiger partial charge in [-0.25, -0.2) is 23.1 Å². The Hall–Kier alpha value is -5.53. The van der Waals surface area contributed by atoms with Crippen molar-refractivity contribution in [3.05, 3.63) is 70.2 Å². The van der Waals surface area contributed by atoms with E-state index in [0.29, 0.717) is 36.5 Å². The fourth-order valence-corrected chi connectivity index (χ4v) is 10.8. The van der Waals surface area contributed by atoms with Crippen LogP contribution in [0.2, 0.25) is 0 Å². The third-order valence-electron chi connectivity index (χ3n) is 14.2. The largest absolute Gasteiger partial charge is 0.375 e. The van der Waals surface area contributed by atoms with Gasteiger partial charge in [-0.05, 0) is 94.7 Å². The van der Waals surface area contributed by atoms with Crippen molar-refractivity contribution >= 4 is 45.9 Å². The summed E-state index contributed by atoms with van der Waals surface area (Å²) in [6.07, 6.45) is 10.6. The van der Waals surface area contributed by atoms with Gasteiger partial charge in [-0.2, -0.15) is 10.2 Å². The second kappa shape index (κ2) is 17.5. The molecule has 5 fully saturated rings. The van der Waals surface area contributed by atoms with Crippen molar-refractivity contribution in [1.82, 2.24) is 43.7 Å². The first-order chi connectivity index (χ1) is 31.0. The predicted molar refractivity (Wildman–Crippen MR) is 232 cm³/mol. The van der Waals surface area contributed by atoms with Gasteiger partial charge in [-0.15, -0.1) is 0 Å². The summed E-state index contributed by atoms with van der Waals surface area (Å²) in [5.74, 6) is -0.0931. The summed E-state index contributed by atoms with van der Waals surface area (Å²) in [5, 5.41) is 13.7. The van der Waals surface area contributed by atoms with Crippen molar-refractivity contribution in [2.24, 2.45) is 13.0 Å². The minimum absolute atomic E-state index is 0.00271. The zero-order valence-corrected chi connectivity index (χ0v) is 36.2. The number of rotatable bonds is 13. The molecule has 4 aromatic heterocycles. The highest BCUT2D eigenvalue weighted by atomic mass is 19.3. The molecule has 4 saturated heterocycles. The van der Waals surface area contributed by atoms with Crippen LogP contribution in [0.15, 0.2) is 47.7 Å². The van der Waals surface area contributed by atoms with Crippen LogP contribution in [0.5, 0.6) is 0 Å². The number of carbonyl (C=O) groups excluding carboxylic acids is 3. The zero-order chi connectivity index (χ0) is 44.2. The van der Waals surface area contributed by atoms with Gasteiger partial charge >= 0.3 is 5.69 Å². The van der Waals surface area contributed by atoms with Crippen LogP contribution in [-0.2, 0) is 32.5 Å². The standard InChI is InChI=1S/C45H55F2N11O6/c1-26(6-9-28-4-3-5-35-40(28)53(2)45(62)58(35)36-12-13-38(59)51-44(36)61)64-31-14-17-54(18-15-31)22-27-7-10-29(11-8-27)57-24-34(39(52-57)41(46)47)49-43(60)33-21-48-56-19-16-37(50-42(33)56)55-23-32-20-30(55)25-63-32/h3-5,16,19,21,24,26-27,29-32,36,41H,6-15,17-18,20,22-23,25H2,1-2H3,(H,49,60)(H,51,59,61)/t26-,27-,29-,30+,32+,36?/m0/s1. The summed E-state index contributed by atoms with van der Waals surface area (Å²) < 4.78 is 47.2. The molecule has 19 heteroatoms. The number of aryl methyl sites for hydroxylation is 2. The Morgan fingerprint density at radius 2 is 1.86 bits per heavy atom. The van der Waals surface area contributed by atoms with Crippen molar-refractivity contribution in [2.75, 3.05) is 43.0 Å². The molecular formula is C45H55F2N11O6. The van der Waals surface area contributed by atoms with Crippen molar-refractivity contribution in [3.63, 3.8) is 0 Å². The normalized spacial score (nSPS) is 25.0. The Morgan fingerprint density at radius 3 is 2.59 bits per heavy atom. The maximum atomic E-state index is 14.3. The Bertz CT molecular complexity index is 2620. The van der Waals surface area contributed by atoms with E-state index in [0.717, 1.165) is 94.4 Å². The van der Waals surface area contributed by atoms with Crippen LogP contribution < -0.4 is 21.2 Å². The molecule has 17 nitrogen and oxygen atoms in total. The highest BCUT2D eigenvalue weighted by molar-refractivity contribution is 6.08. The second-order valence-corrected chi connectivity index (χ2v) is 18.4. The number of ether oxygens (including phenoxy) is 2. The minimum atomic E-state index is -2.86. The Morgan fingerprint density at radius 1 is 1.05 bits per heavy atom. The van der Waals surface area contributed by atoms with Gasteiger partial charge in [-0.1, -0.05) is 12.1 Å². The predicted octanol–water partition coefficient (Wildman–Crippen LogP) is 4.96. The van der Waals surface area contributed by atoms with E-state index in [1.807, 2.05) is 24.3 Å². The number of nitrogens with one attached hydrogen (secondary N) is 2. The molecule has 0 spiro atoms. The number of carbonyl (C=O) groups is 3. The summed E-state index contributed by atoms with van der Waals surface area (Å²) in [6.45, 7) is 6.36. The van der Waals surface area contributed by atoms with Crippen LogP contribution in [0.4, 0.5) is 20.3 Å². The lowest BCUT2D eigenvalue weighted by Gasteiger charge is -2.37. The van der Waals surface area contributed by atoms with E-state index in [-0.39, 0.29) is 59.7 Å². The third-order valence-corrected chi connectivity index (χ3v) is 14.2. The molecule has 8 heterocycles. The number of imide groups is 1. The molecule has 2 N–H and O–H groups in total. The molecule has 64 heavy (non-hydrogen) atoms. The van der Waals surface area contributed by atoms with Gasteiger partial charge in [0.15, 0.2) is 11.3 Å². The van der Waals surface area contributed by atoms with Crippen LogP contribution in [0.1, 0.15) is 111 Å². The van der Waals surface area contributed by atoms with Crippen molar-refractivity contribution in [2.45, 2.75) is 120 Å². The average molecular weight is 884 g/mol. The summed E-state index contributed by atoms with van der Waals surface area (Å²) in [7, 11) is 1.73. The maximum Gasteiger partial charge on any atom is 0.329 e. The Kier molecular flexibility index (Phi) is 11.6. The Balaban J connectivity index is 0.691. The molecule has 2 bridgehead atoms. The smallest absolute Gasteiger partial charge is 0.329 e. The van der Waals surface area contributed by atoms with E-state index in [4.69, 9.17) is 14.5 Å². The topological polar surface area (TPSA) is 175 Å². The molecule has 1 aliphatic carbocycles. The number of fused-ring (bicyclic) bond motifs is 4. The molecule has 1 aromatic carbocycles. The quantitative estimate of drug-likeness (QED) is 0.153. The van der Waals surface area contributed by atoms with E-state index < -0.39 is 30.0 Å². The van der Waals surface area contributed by atoms with E-state index in [1.165, 1.54) is 15.3 Å². The number of hydrogen-bond acceptors (Lipinski definition) is 11. The number of aromatic nitrogens is 7. The zero-order valence-electron chi connectivity index (χ0n) is 36.2. The van der Waals surface area contributed by atoms with Gasteiger partial charge in [0.1, 0.15) is 17.4 Å². The lowest BCUT2D eigenvalue weighted by atomic mass is 9.85. The fourth-order valence-electron chi connectivity index (χ4n) is 10.8. The number of halogens is 2. The van der Waals surface area contributed by atoms with Gasteiger partial charge in [0.2, 0.25) is 11.8 Å². The molecule has 0 radical (unpaired) electrons. The number of alkyl halides is 2. The number of imidazole rings is 1. The first-order valence-electron chi connectivity index (χ1n) is 22.8. The molecule has 5 aromatic rings. The molecule has 1 saturated carbocycles. The molecule has 4 atom stereocenters. The fraction of sp³-hybridized carbons (Fsp3) is 0.578. The van der Waals surface area contributed by atoms with Gasteiger partial charge in [-0.3, -0.25) is 33.5 Å². The van der Waals surface area contributed by atoms with Crippen molar-refractivity contribution in [3.8, 4) is 0 Å². The SMILES string of the molecule is C[C@@H](CCc1cccc2c1n(C)c(=O)n2C1CCC(=O)NC1=O)OC1CCN(C[C@H]2CC[C@H](n3cc(NC(=O)c4cnn5ccc(N6C[C@H]7C[C@@H]6CO7)nc45)c(C(F)F)n3)CC2)CC1. The molecule has 5 aliphatic rings.